The van der Waals surface area contributed by atoms with Crippen molar-refractivity contribution in [1.82, 2.24) is 10.6 Å². The van der Waals surface area contributed by atoms with Crippen LogP contribution >= 0.6 is 34.8 Å². The van der Waals surface area contributed by atoms with Gasteiger partial charge in [-0.15, -0.1) is 0 Å². The Kier molecular flexibility index (Phi) is 7.36. The lowest BCUT2D eigenvalue weighted by Crippen LogP contribution is -2.41. The number of carbonyl (C=O) groups is 2. The zero-order valence-corrected chi connectivity index (χ0v) is 19.0. The van der Waals surface area contributed by atoms with Gasteiger partial charge in [-0.25, -0.2) is 0 Å². The number of nitrogens with one attached hydrogen (secondary N) is 3. The van der Waals surface area contributed by atoms with Gasteiger partial charge in [-0.3, -0.25) is 14.9 Å². The smallest absolute Gasteiger partial charge is 0.257 e. The number of halogens is 1. The minimum Gasteiger partial charge on any atom is -0.496 e. The molecule has 2 aromatic rings. The molecular weight excluding hydrogens is 489 g/mol. The zero-order valence-electron chi connectivity index (χ0n) is 16.1. The van der Waals surface area contributed by atoms with Crippen LogP contribution in [0.15, 0.2) is 42.5 Å². The monoisotopic (exact) mass is 511 g/mol. The summed E-state index contributed by atoms with van der Waals surface area (Å²) in [7, 11) is 1.57. The lowest BCUT2D eigenvalue weighted by Gasteiger charge is -2.21. The highest BCUT2D eigenvalue weighted by molar-refractivity contribution is 14.1. The molecule has 0 bridgehead atoms. The number of thiocarbonyl (C=S) groups is 1. The molecule has 8 heteroatoms. The van der Waals surface area contributed by atoms with E-state index >= 15 is 0 Å². The van der Waals surface area contributed by atoms with E-state index in [-0.39, 0.29) is 22.5 Å². The number of rotatable bonds is 4. The second-order valence-corrected chi connectivity index (χ2v) is 8.58. The maximum Gasteiger partial charge on any atom is 0.257 e. The normalized spacial score (nSPS) is 10.8. The van der Waals surface area contributed by atoms with Crippen molar-refractivity contribution in [3.63, 3.8) is 0 Å². The second-order valence-electron chi connectivity index (χ2n) is 7.01. The molecule has 0 aliphatic carbocycles. The standard InChI is InChI=1S/C20H22IN3O3S/c1-20(2,3)24-18(26)13-7-5-6-8-15(13)22-19(28)23-17(25)12-9-10-16(27-4)14(21)11-12/h5-11H,1-4H3,(H,24,26)(H2,22,23,25,28). The van der Waals surface area contributed by atoms with Gasteiger partial charge in [-0.2, -0.15) is 0 Å². The van der Waals surface area contributed by atoms with Crippen molar-refractivity contribution < 1.29 is 14.3 Å². The number of para-hydroxylation sites is 1. The van der Waals surface area contributed by atoms with Crippen LogP contribution in [0.2, 0.25) is 0 Å². The van der Waals surface area contributed by atoms with Crippen LogP contribution in [-0.4, -0.2) is 29.6 Å². The van der Waals surface area contributed by atoms with E-state index < -0.39 is 0 Å². The Morgan fingerprint density at radius 1 is 1.07 bits per heavy atom. The molecule has 0 radical (unpaired) electrons. The molecule has 148 valence electrons. The highest BCUT2D eigenvalue weighted by Gasteiger charge is 2.18. The van der Waals surface area contributed by atoms with E-state index in [1.165, 1.54) is 0 Å². The molecule has 0 atom stereocenters. The summed E-state index contributed by atoms with van der Waals surface area (Å²) in [5.41, 5.74) is 1.03. The molecule has 0 aliphatic rings. The van der Waals surface area contributed by atoms with E-state index in [1.54, 1.807) is 49.6 Å². The summed E-state index contributed by atoms with van der Waals surface area (Å²) in [5.74, 6) is 0.112. The van der Waals surface area contributed by atoms with E-state index in [0.717, 1.165) is 3.57 Å². The molecule has 0 saturated heterocycles. The van der Waals surface area contributed by atoms with Crippen LogP contribution in [0.1, 0.15) is 41.5 Å². The summed E-state index contributed by atoms with van der Waals surface area (Å²) in [6.07, 6.45) is 0. The second kappa shape index (κ2) is 9.33. The fraction of sp³-hybridized carbons (Fsp3) is 0.250. The maximum absolute atomic E-state index is 12.5. The van der Waals surface area contributed by atoms with Crippen molar-refractivity contribution in [3.8, 4) is 5.75 Å². The van der Waals surface area contributed by atoms with Gasteiger partial charge in [-0.1, -0.05) is 12.1 Å². The molecule has 2 amide bonds. The van der Waals surface area contributed by atoms with Gasteiger partial charge in [0.25, 0.3) is 11.8 Å². The predicted molar refractivity (Wildman–Crippen MR) is 123 cm³/mol. The van der Waals surface area contributed by atoms with Crippen LogP contribution in [0.4, 0.5) is 5.69 Å². The summed E-state index contributed by atoms with van der Waals surface area (Å²) in [6, 6.07) is 12.1. The number of benzene rings is 2. The number of anilines is 1. The number of hydrogen-bond donors (Lipinski definition) is 3. The van der Waals surface area contributed by atoms with Gasteiger partial charge in [0.2, 0.25) is 0 Å². The first kappa shape index (κ1) is 22.1. The van der Waals surface area contributed by atoms with Crippen molar-refractivity contribution in [3.05, 3.63) is 57.2 Å². The number of carbonyl (C=O) groups excluding carboxylic acids is 2. The van der Waals surface area contributed by atoms with Gasteiger partial charge in [0.05, 0.1) is 21.9 Å². The minimum absolute atomic E-state index is 0.104. The predicted octanol–water partition coefficient (Wildman–Crippen LogP) is 3.95. The minimum atomic E-state index is -0.371. The van der Waals surface area contributed by atoms with Gasteiger partial charge in [0.15, 0.2) is 5.11 Å². The fourth-order valence-corrected chi connectivity index (χ4v) is 3.27. The van der Waals surface area contributed by atoms with Crippen molar-refractivity contribution in [1.29, 1.82) is 0 Å². The Morgan fingerprint density at radius 2 is 1.75 bits per heavy atom. The van der Waals surface area contributed by atoms with Crippen molar-refractivity contribution in [2.45, 2.75) is 26.3 Å². The van der Waals surface area contributed by atoms with Gasteiger partial charge in [0.1, 0.15) is 5.75 Å². The highest BCUT2D eigenvalue weighted by Crippen LogP contribution is 2.21. The van der Waals surface area contributed by atoms with Gasteiger partial charge >= 0.3 is 0 Å². The molecule has 2 rings (SSSR count). The lowest BCUT2D eigenvalue weighted by atomic mass is 10.1. The van der Waals surface area contributed by atoms with Gasteiger partial charge in [-0.05, 0) is 85.9 Å². The van der Waals surface area contributed by atoms with Crippen LogP contribution in [0.25, 0.3) is 0 Å². The number of methoxy groups -OCH3 is 1. The molecular formula is C20H22IN3O3S. The first-order chi connectivity index (χ1) is 13.1. The molecule has 0 heterocycles. The van der Waals surface area contributed by atoms with E-state index in [4.69, 9.17) is 17.0 Å². The highest BCUT2D eigenvalue weighted by atomic mass is 127. The van der Waals surface area contributed by atoms with Crippen molar-refractivity contribution in [2.24, 2.45) is 0 Å². The third-order valence-corrected chi connectivity index (χ3v) is 4.60. The fourth-order valence-electron chi connectivity index (χ4n) is 2.33. The van der Waals surface area contributed by atoms with Gasteiger partial charge in [0, 0.05) is 11.1 Å². The average Bonchev–Trinajstić information content (AvgIpc) is 2.60. The molecule has 0 fully saturated rings. The SMILES string of the molecule is COc1ccc(C(=O)NC(=S)Nc2ccccc2C(=O)NC(C)(C)C)cc1I. The molecule has 0 spiro atoms. The maximum atomic E-state index is 12.5. The summed E-state index contributed by atoms with van der Waals surface area (Å²) < 4.78 is 6.01. The Bertz CT molecular complexity index is 910. The quantitative estimate of drug-likeness (QED) is 0.428. The third kappa shape index (κ3) is 6.16. The van der Waals surface area contributed by atoms with Crippen LogP contribution < -0.4 is 20.7 Å². The molecule has 2 aromatic carbocycles. The third-order valence-electron chi connectivity index (χ3n) is 3.55. The van der Waals surface area contributed by atoms with E-state index in [1.807, 2.05) is 20.8 Å². The summed E-state index contributed by atoms with van der Waals surface area (Å²) in [5, 5.41) is 8.57. The van der Waals surface area contributed by atoms with Crippen molar-refractivity contribution in [2.75, 3.05) is 12.4 Å². The van der Waals surface area contributed by atoms with Crippen LogP contribution in [-0.2, 0) is 0 Å². The zero-order chi connectivity index (χ0) is 20.9. The Balaban J connectivity index is 2.10. The average molecular weight is 511 g/mol. The first-order valence-electron chi connectivity index (χ1n) is 8.48. The summed E-state index contributed by atoms with van der Waals surface area (Å²) in [6.45, 7) is 5.71. The molecule has 0 unspecified atom stereocenters. The van der Waals surface area contributed by atoms with Crippen LogP contribution in [0.5, 0.6) is 5.75 Å². The Labute approximate surface area is 183 Å². The molecule has 0 aliphatic heterocycles. The van der Waals surface area contributed by atoms with Gasteiger partial charge < -0.3 is 15.4 Å². The van der Waals surface area contributed by atoms with Crippen LogP contribution in [0, 0.1) is 3.57 Å². The first-order valence-corrected chi connectivity index (χ1v) is 9.97. The van der Waals surface area contributed by atoms with Crippen molar-refractivity contribution >= 4 is 57.4 Å². The van der Waals surface area contributed by atoms with E-state index in [0.29, 0.717) is 22.6 Å². The Hall–Kier alpha value is -2.20. The number of amides is 2. The largest absolute Gasteiger partial charge is 0.496 e. The molecule has 0 aromatic heterocycles. The van der Waals surface area contributed by atoms with E-state index in [9.17, 15) is 9.59 Å². The lowest BCUT2D eigenvalue weighted by molar-refractivity contribution is 0.0919. The summed E-state index contributed by atoms with van der Waals surface area (Å²) >= 11 is 7.34. The summed E-state index contributed by atoms with van der Waals surface area (Å²) in [4.78, 5) is 25.0. The number of ether oxygens (including phenoxy) is 1. The van der Waals surface area contributed by atoms with Crippen LogP contribution in [0.3, 0.4) is 0 Å². The Morgan fingerprint density at radius 3 is 2.36 bits per heavy atom. The topological polar surface area (TPSA) is 79.5 Å². The van der Waals surface area contributed by atoms with E-state index in [2.05, 4.69) is 38.5 Å². The molecule has 3 N–H and O–H groups in total. The number of hydrogen-bond acceptors (Lipinski definition) is 4. The molecule has 0 saturated carbocycles. The molecule has 28 heavy (non-hydrogen) atoms. The molecule has 6 nitrogen and oxygen atoms in total.